The largest absolute Gasteiger partial charge is 0.481 e. The monoisotopic (exact) mass is 302 g/mol. The third kappa shape index (κ3) is 1.43. The maximum atomic E-state index is 11.1. The zero-order valence-electron chi connectivity index (χ0n) is 7.88. The first-order valence-corrected chi connectivity index (χ1v) is 5.64. The number of halogens is 1. The molecule has 0 bridgehead atoms. The van der Waals surface area contributed by atoms with Crippen molar-refractivity contribution in [1.29, 1.82) is 0 Å². The van der Waals surface area contributed by atoms with Crippen LogP contribution >= 0.6 is 22.6 Å². The molecule has 74 valence electrons. The van der Waals surface area contributed by atoms with E-state index in [1.165, 1.54) is 0 Å². The summed E-state index contributed by atoms with van der Waals surface area (Å²) in [7, 11) is 0. The predicted molar refractivity (Wildman–Crippen MR) is 62.4 cm³/mol. The predicted octanol–water partition coefficient (Wildman–Crippen LogP) is 2.72. The molecule has 1 fully saturated rings. The fourth-order valence-corrected chi connectivity index (χ4v) is 2.53. The van der Waals surface area contributed by atoms with Crippen LogP contribution in [0, 0.1) is 10.5 Å². The van der Waals surface area contributed by atoms with Crippen molar-refractivity contribution in [3.8, 4) is 0 Å². The number of hydrogen-bond acceptors (Lipinski definition) is 1. The van der Waals surface area contributed by atoms with E-state index in [9.17, 15) is 4.79 Å². The lowest BCUT2D eigenvalue weighted by molar-refractivity contribution is -0.140. The van der Waals surface area contributed by atoms with Crippen molar-refractivity contribution in [1.82, 2.24) is 0 Å². The van der Waals surface area contributed by atoms with Gasteiger partial charge in [0.1, 0.15) is 0 Å². The maximum Gasteiger partial charge on any atom is 0.314 e. The smallest absolute Gasteiger partial charge is 0.314 e. The number of rotatable bonds is 2. The standard InChI is InChI=1S/C11H11IO2/c1-7-6-8(12)2-3-9(7)11(4-5-11)10(13)14/h2-3,6H,4-5H2,1H3,(H,13,14). The highest BCUT2D eigenvalue weighted by Crippen LogP contribution is 2.49. The van der Waals surface area contributed by atoms with Crippen LogP contribution in [-0.4, -0.2) is 11.1 Å². The van der Waals surface area contributed by atoms with Crippen LogP contribution < -0.4 is 0 Å². The normalized spacial score (nSPS) is 17.9. The summed E-state index contributed by atoms with van der Waals surface area (Å²) in [6.45, 7) is 1.99. The second-order valence-corrected chi connectivity index (χ2v) is 5.09. The van der Waals surface area contributed by atoms with Gasteiger partial charge in [0.25, 0.3) is 0 Å². The van der Waals surface area contributed by atoms with Crippen LogP contribution in [0.25, 0.3) is 0 Å². The van der Waals surface area contributed by atoms with E-state index in [4.69, 9.17) is 5.11 Å². The molecule has 2 nitrogen and oxygen atoms in total. The summed E-state index contributed by atoms with van der Waals surface area (Å²) in [5.74, 6) is -0.679. The van der Waals surface area contributed by atoms with Gasteiger partial charge in [-0.3, -0.25) is 4.79 Å². The molecule has 1 saturated carbocycles. The van der Waals surface area contributed by atoms with Gasteiger partial charge < -0.3 is 5.11 Å². The summed E-state index contributed by atoms with van der Waals surface area (Å²) >= 11 is 2.24. The van der Waals surface area contributed by atoms with Crippen molar-refractivity contribution >= 4 is 28.6 Å². The van der Waals surface area contributed by atoms with Gasteiger partial charge >= 0.3 is 5.97 Å². The second kappa shape index (κ2) is 3.22. The van der Waals surface area contributed by atoms with Gasteiger partial charge in [0.2, 0.25) is 0 Å². The highest BCUT2D eigenvalue weighted by Gasteiger charge is 2.52. The summed E-state index contributed by atoms with van der Waals surface area (Å²) in [5.41, 5.74) is 1.52. The Bertz CT molecular complexity index is 394. The zero-order chi connectivity index (χ0) is 10.3. The van der Waals surface area contributed by atoms with Gasteiger partial charge in [-0.2, -0.15) is 0 Å². The van der Waals surface area contributed by atoms with Gasteiger partial charge in [0.05, 0.1) is 5.41 Å². The lowest BCUT2D eigenvalue weighted by Crippen LogP contribution is -2.20. The minimum absolute atomic E-state index is 0.561. The van der Waals surface area contributed by atoms with E-state index >= 15 is 0 Å². The lowest BCUT2D eigenvalue weighted by Gasteiger charge is -2.13. The minimum atomic E-state index is -0.679. The first-order chi connectivity index (χ1) is 6.56. The average Bonchev–Trinajstić information content (AvgIpc) is 2.84. The van der Waals surface area contributed by atoms with Crippen molar-refractivity contribution in [3.63, 3.8) is 0 Å². The third-order valence-corrected chi connectivity index (χ3v) is 3.53. The van der Waals surface area contributed by atoms with E-state index in [0.29, 0.717) is 0 Å². The molecule has 2 rings (SSSR count). The summed E-state index contributed by atoms with van der Waals surface area (Å²) in [5, 5.41) is 9.15. The van der Waals surface area contributed by atoms with Gasteiger partial charge in [-0.25, -0.2) is 0 Å². The SMILES string of the molecule is Cc1cc(I)ccc1C1(C(=O)O)CC1. The molecule has 1 aliphatic carbocycles. The van der Waals surface area contributed by atoms with Crippen LogP contribution in [-0.2, 0) is 10.2 Å². The molecule has 14 heavy (non-hydrogen) atoms. The molecule has 0 spiro atoms. The topological polar surface area (TPSA) is 37.3 Å². The maximum absolute atomic E-state index is 11.1. The fraction of sp³-hybridized carbons (Fsp3) is 0.364. The van der Waals surface area contributed by atoms with E-state index in [0.717, 1.165) is 27.5 Å². The summed E-state index contributed by atoms with van der Waals surface area (Å²) in [6, 6.07) is 5.98. The number of benzene rings is 1. The van der Waals surface area contributed by atoms with Crippen LogP contribution in [0.2, 0.25) is 0 Å². The quantitative estimate of drug-likeness (QED) is 0.853. The van der Waals surface area contributed by atoms with E-state index in [1.807, 2.05) is 25.1 Å². The molecule has 1 N–H and O–H groups in total. The molecular formula is C11H11IO2. The number of carbonyl (C=O) groups is 1. The van der Waals surface area contributed by atoms with Gasteiger partial charge in [0.15, 0.2) is 0 Å². The molecule has 1 aromatic rings. The lowest BCUT2D eigenvalue weighted by atomic mass is 9.92. The van der Waals surface area contributed by atoms with Crippen LogP contribution in [0.4, 0.5) is 0 Å². The van der Waals surface area contributed by atoms with Crippen molar-refractivity contribution in [2.75, 3.05) is 0 Å². The summed E-state index contributed by atoms with van der Waals surface area (Å²) < 4.78 is 1.16. The van der Waals surface area contributed by atoms with Crippen LogP contribution in [0.15, 0.2) is 18.2 Å². The van der Waals surface area contributed by atoms with Crippen molar-refractivity contribution in [2.24, 2.45) is 0 Å². The first-order valence-electron chi connectivity index (χ1n) is 4.56. The average molecular weight is 302 g/mol. The fourth-order valence-electron chi connectivity index (χ4n) is 1.89. The second-order valence-electron chi connectivity index (χ2n) is 3.85. The van der Waals surface area contributed by atoms with E-state index in [1.54, 1.807) is 0 Å². The molecule has 0 amide bonds. The Balaban J connectivity index is 2.47. The minimum Gasteiger partial charge on any atom is -0.481 e. The van der Waals surface area contributed by atoms with Gasteiger partial charge in [-0.05, 0) is 65.6 Å². The van der Waals surface area contributed by atoms with E-state index in [-0.39, 0.29) is 0 Å². The van der Waals surface area contributed by atoms with E-state index in [2.05, 4.69) is 22.6 Å². The van der Waals surface area contributed by atoms with Gasteiger partial charge in [0, 0.05) is 3.57 Å². The number of carboxylic acid groups (broad SMARTS) is 1. The van der Waals surface area contributed by atoms with Crippen LogP contribution in [0.5, 0.6) is 0 Å². The Hall–Kier alpha value is -0.580. The number of aryl methyl sites for hydroxylation is 1. The molecule has 0 radical (unpaired) electrons. The van der Waals surface area contributed by atoms with Crippen LogP contribution in [0.3, 0.4) is 0 Å². The molecular weight excluding hydrogens is 291 g/mol. The molecule has 0 aliphatic heterocycles. The zero-order valence-corrected chi connectivity index (χ0v) is 10.0. The van der Waals surface area contributed by atoms with E-state index < -0.39 is 11.4 Å². The summed E-state index contributed by atoms with van der Waals surface area (Å²) in [6.07, 6.45) is 1.56. The molecule has 1 aromatic carbocycles. The number of hydrogen-bond donors (Lipinski definition) is 1. The van der Waals surface area contributed by atoms with Crippen molar-refractivity contribution in [3.05, 3.63) is 32.9 Å². The van der Waals surface area contributed by atoms with Crippen LogP contribution in [0.1, 0.15) is 24.0 Å². The molecule has 0 saturated heterocycles. The molecule has 1 aliphatic rings. The molecule has 0 unspecified atom stereocenters. The van der Waals surface area contributed by atoms with Crippen molar-refractivity contribution in [2.45, 2.75) is 25.2 Å². The highest BCUT2D eigenvalue weighted by molar-refractivity contribution is 14.1. The number of aliphatic carboxylic acids is 1. The highest BCUT2D eigenvalue weighted by atomic mass is 127. The molecule has 0 heterocycles. The Kier molecular flexibility index (Phi) is 2.29. The first kappa shape index (κ1) is 9.96. The molecule has 3 heteroatoms. The Morgan fingerprint density at radius 3 is 2.57 bits per heavy atom. The third-order valence-electron chi connectivity index (χ3n) is 2.86. The Labute approximate surface area is 96.5 Å². The Morgan fingerprint density at radius 1 is 1.50 bits per heavy atom. The molecule has 0 aromatic heterocycles. The van der Waals surface area contributed by atoms with Gasteiger partial charge in [-0.1, -0.05) is 6.07 Å². The van der Waals surface area contributed by atoms with Gasteiger partial charge in [-0.15, -0.1) is 0 Å². The summed E-state index contributed by atoms with van der Waals surface area (Å²) in [4.78, 5) is 11.1. The number of carboxylic acids is 1. The van der Waals surface area contributed by atoms with Crippen molar-refractivity contribution < 1.29 is 9.90 Å². The Morgan fingerprint density at radius 2 is 2.14 bits per heavy atom. The molecule has 0 atom stereocenters.